The van der Waals surface area contributed by atoms with Gasteiger partial charge in [0.05, 0.1) is 0 Å². The number of hydrogen-bond acceptors (Lipinski definition) is 1. The van der Waals surface area contributed by atoms with Crippen LogP contribution >= 0.6 is 12.6 Å². The number of aryl methyl sites for hydroxylation is 1. The van der Waals surface area contributed by atoms with Crippen LogP contribution in [-0.2, 0) is 6.42 Å². The highest BCUT2D eigenvalue weighted by Crippen LogP contribution is 2.33. The monoisotopic (exact) mass is 376 g/mol. The molecule has 0 aliphatic heterocycles. The summed E-state index contributed by atoms with van der Waals surface area (Å²) in [5.74, 6) is 0.872. The molecule has 2 aromatic rings. The lowest BCUT2D eigenvalue weighted by Gasteiger charge is -2.28. The van der Waals surface area contributed by atoms with Crippen molar-refractivity contribution in [1.82, 2.24) is 0 Å². The van der Waals surface area contributed by atoms with Crippen LogP contribution in [0.25, 0.3) is 0 Å². The van der Waals surface area contributed by atoms with E-state index in [9.17, 15) is 8.78 Å². The van der Waals surface area contributed by atoms with Gasteiger partial charge in [0.15, 0.2) is 0 Å². The predicted octanol–water partition coefficient (Wildman–Crippen LogP) is 7.32. The molecule has 1 aliphatic carbocycles. The third kappa shape index (κ3) is 6.12. The molecule has 26 heavy (non-hydrogen) atoms. The van der Waals surface area contributed by atoms with E-state index >= 15 is 0 Å². The Morgan fingerprint density at radius 1 is 0.923 bits per heavy atom. The number of benzene rings is 2. The van der Waals surface area contributed by atoms with Gasteiger partial charge < -0.3 is 0 Å². The van der Waals surface area contributed by atoms with Crippen LogP contribution in [0.3, 0.4) is 0 Å². The van der Waals surface area contributed by atoms with Gasteiger partial charge in [-0.3, -0.25) is 0 Å². The molecular formula is C23H30F2S. The molecule has 0 saturated heterocycles. The lowest BCUT2D eigenvalue weighted by Crippen LogP contribution is -2.17. The van der Waals surface area contributed by atoms with Gasteiger partial charge in [-0.2, -0.15) is 0 Å². The van der Waals surface area contributed by atoms with Gasteiger partial charge in [0.25, 0.3) is 0 Å². The molecule has 0 heterocycles. The van der Waals surface area contributed by atoms with Gasteiger partial charge in [0, 0.05) is 4.90 Å². The van der Waals surface area contributed by atoms with Crippen LogP contribution in [0, 0.1) is 37.3 Å². The van der Waals surface area contributed by atoms with E-state index in [1.54, 1.807) is 6.92 Å². The van der Waals surface area contributed by atoms with Crippen LogP contribution < -0.4 is 0 Å². The summed E-state index contributed by atoms with van der Waals surface area (Å²) in [6, 6.07) is 10.5. The zero-order valence-electron chi connectivity index (χ0n) is 16.1. The molecule has 0 spiro atoms. The second kappa shape index (κ2) is 10.1. The van der Waals surface area contributed by atoms with Crippen molar-refractivity contribution in [2.24, 2.45) is 11.8 Å². The number of halogens is 2. The lowest BCUT2D eigenvalue weighted by molar-refractivity contribution is 0.241. The molecule has 1 saturated carbocycles. The smallest absolute Gasteiger partial charge is 0.126 e. The fourth-order valence-electron chi connectivity index (χ4n) is 3.70. The summed E-state index contributed by atoms with van der Waals surface area (Å²) in [5, 5.41) is 0. The molecule has 1 aliphatic rings. The molecule has 0 nitrogen and oxygen atoms in total. The van der Waals surface area contributed by atoms with E-state index in [0.717, 1.165) is 17.2 Å². The molecule has 0 amide bonds. The predicted molar refractivity (Wildman–Crippen MR) is 109 cm³/mol. The maximum Gasteiger partial charge on any atom is 0.126 e. The molecule has 1 fully saturated rings. The van der Waals surface area contributed by atoms with Gasteiger partial charge in [-0.05, 0) is 73.9 Å². The molecular weight excluding hydrogens is 346 g/mol. The molecule has 0 bridgehead atoms. The van der Waals surface area contributed by atoms with Crippen LogP contribution in [0.4, 0.5) is 8.78 Å². The van der Waals surface area contributed by atoms with Crippen LogP contribution in [0.2, 0.25) is 0 Å². The van der Waals surface area contributed by atoms with Crippen molar-refractivity contribution in [3.8, 4) is 0 Å². The van der Waals surface area contributed by atoms with E-state index in [-0.39, 0.29) is 11.6 Å². The van der Waals surface area contributed by atoms with E-state index in [0.29, 0.717) is 23.5 Å². The third-order valence-corrected chi connectivity index (χ3v) is 5.86. The number of hydrogen-bond donors (Lipinski definition) is 1. The van der Waals surface area contributed by atoms with Crippen LogP contribution in [0.1, 0.15) is 55.7 Å². The Morgan fingerprint density at radius 3 is 2.15 bits per heavy atom. The molecule has 2 unspecified atom stereocenters. The molecule has 0 aromatic heterocycles. The van der Waals surface area contributed by atoms with Gasteiger partial charge in [-0.15, -0.1) is 12.6 Å². The zero-order chi connectivity index (χ0) is 19.1. The lowest BCUT2D eigenvalue weighted by atomic mass is 9.77. The summed E-state index contributed by atoms with van der Waals surface area (Å²) in [6.07, 6.45) is 6.81. The minimum Gasteiger partial charge on any atom is -0.207 e. The SMILES string of the molecule is Cc1c(F)ccc(F)c1CCC1CCCCC1C.Cc1ccc(S)cc1. The van der Waals surface area contributed by atoms with Crippen molar-refractivity contribution in [1.29, 1.82) is 0 Å². The number of rotatable bonds is 3. The summed E-state index contributed by atoms with van der Waals surface area (Å²) in [5.41, 5.74) is 2.34. The van der Waals surface area contributed by atoms with Crippen LogP contribution in [0.5, 0.6) is 0 Å². The second-order valence-electron chi connectivity index (χ2n) is 7.53. The Balaban J connectivity index is 0.000000254. The highest BCUT2D eigenvalue weighted by atomic mass is 32.1. The Morgan fingerprint density at radius 2 is 1.54 bits per heavy atom. The summed E-state index contributed by atoms with van der Waals surface area (Å²) in [6.45, 7) is 6.03. The van der Waals surface area contributed by atoms with Crippen molar-refractivity contribution < 1.29 is 8.78 Å². The normalized spacial score (nSPS) is 19.6. The van der Waals surface area contributed by atoms with E-state index in [2.05, 4.69) is 26.5 Å². The highest BCUT2D eigenvalue weighted by Gasteiger charge is 2.22. The van der Waals surface area contributed by atoms with Gasteiger partial charge in [0.1, 0.15) is 11.6 Å². The average molecular weight is 377 g/mol. The molecule has 0 radical (unpaired) electrons. The average Bonchev–Trinajstić information content (AvgIpc) is 2.63. The largest absolute Gasteiger partial charge is 0.207 e. The molecule has 3 heteroatoms. The maximum atomic E-state index is 13.7. The molecule has 2 aromatic carbocycles. The molecule has 3 rings (SSSR count). The Bertz CT molecular complexity index is 673. The van der Waals surface area contributed by atoms with Crippen molar-refractivity contribution in [3.63, 3.8) is 0 Å². The Hall–Kier alpha value is -1.35. The van der Waals surface area contributed by atoms with Crippen molar-refractivity contribution >= 4 is 12.6 Å². The van der Waals surface area contributed by atoms with Gasteiger partial charge in [0.2, 0.25) is 0 Å². The first-order valence-electron chi connectivity index (χ1n) is 9.57. The first kappa shape index (κ1) is 21.0. The first-order chi connectivity index (χ1) is 12.4. The van der Waals surface area contributed by atoms with Crippen LogP contribution in [-0.4, -0.2) is 0 Å². The summed E-state index contributed by atoms with van der Waals surface area (Å²) < 4.78 is 27.1. The highest BCUT2D eigenvalue weighted by molar-refractivity contribution is 7.80. The van der Waals surface area contributed by atoms with Crippen molar-refractivity contribution in [2.75, 3.05) is 0 Å². The van der Waals surface area contributed by atoms with Crippen molar-refractivity contribution in [2.45, 2.75) is 64.2 Å². The Kier molecular flexibility index (Phi) is 8.15. The molecule has 0 N–H and O–H groups in total. The molecule has 2 atom stereocenters. The zero-order valence-corrected chi connectivity index (χ0v) is 17.0. The number of thiol groups is 1. The topological polar surface area (TPSA) is 0 Å². The van der Waals surface area contributed by atoms with E-state index in [1.807, 2.05) is 24.3 Å². The van der Waals surface area contributed by atoms with E-state index in [1.165, 1.54) is 43.4 Å². The standard InChI is InChI=1S/C16H22F2.C7H8S/c1-11-5-3-4-6-13(11)7-8-14-12(2)15(17)9-10-16(14)18;1-6-2-4-7(8)5-3-6/h9-11,13H,3-8H2,1-2H3;2-5,8H,1H3. The first-order valence-corrected chi connectivity index (χ1v) is 10.0. The third-order valence-electron chi connectivity index (χ3n) is 5.56. The second-order valence-corrected chi connectivity index (χ2v) is 8.05. The minimum atomic E-state index is -0.289. The Labute approximate surface area is 162 Å². The fraction of sp³-hybridized carbons (Fsp3) is 0.478. The maximum absolute atomic E-state index is 13.7. The summed E-state index contributed by atoms with van der Waals surface area (Å²) >= 11 is 4.13. The van der Waals surface area contributed by atoms with Gasteiger partial charge in [-0.1, -0.05) is 50.3 Å². The molecule has 142 valence electrons. The van der Waals surface area contributed by atoms with Crippen LogP contribution in [0.15, 0.2) is 41.3 Å². The van der Waals surface area contributed by atoms with E-state index < -0.39 is 0 Å². The van der Waals surface area contributed by atoms with Crippen molar-refractivity contribution in [3.05, 3.63) is 64.7 Å². The van der Waals surface area contributed by atoms with E-state index in [4.69, 9.17) is 0 Å². The van der Waals surface area contributed by atoms with Gasteiger partial charge in [-0.25, -0.2) is 8.78 Å². The fourth-order valence-corrected chi connectivity index (χ4v) is 3.85. The quantitative estimate of drug-likeness (QED) is 0.533. The summed E-state index contributed by atoms with van der Waals surface area (Å²) in [7, 11) is 0. The minimum absolute atomic E-state index is 0.252. The van der Waals surface area contributed by atoms with Gasteiger partial charge >= 0.3 is 0 Å². The summed E-state index contributed by atoms with van der Waals surface area (Å²) in [4.78, 5) is 1.02.